The van der Waals surface area contributed by atoms with Crippen molar-refractivity contribution >= 4 is 29.2 Å². The second-order valence-corrected chi connectivity index (χ2v) is 29.1. The van der Waals surface area contributed by atoms with Crippen LogP contribution in [0.15, 0.2) is 0 Å². The Labute approximate surface area is 649 Å². The average molecular weight is 1630 g/mol. The Bertz CT molecular complexity index is 2630. The third kappa shape index (κ3) is 31.1. The SMILES string of the molecule is CC(=O)[C@H](CCCCN)NNC(=O)CCCCCCCCC(=O)CCCO[C@@H]1O[C@H](CO[C@H]2O[C@H](CO)[C@@H](O)[C@H](O)[C@@H]2O)[C@@H](O)[C@H](O[C@H]2O[C@H](CO)[C@@H](O)[C@H](O)[C@@H]2O)[C@@H]1O.CCNC(=O)CCCCCCCCC(=O)CCCO[C@@H]1O[C@H](CO[C@H]2O[C@H](CO)[C@@H](O)[C@H](O)[C@@H]2O)[C@@H](O)[C@H](O[C@H]2O[C@H](CO)[C@@H](O)[C@H](O)[C@@H]2O)[C@@H]1O. The van der Waals surface area contributed by atoms with E-state index < -0.39 is 230 Å². The van der Waals surface area contributed by atoms with Crippen molar-refractivity contribution in [3.8, 4) is 0 Å². The van der Waals surface area contributed by atoms with Crippen LogP contribution < -0.4 is 21.9 Å². The van der Waals surface area contributed by atoms with Crippen LogP contribution >= 0.6 is 0 Å². The molecule has 0 aromatic rings. The van der Waals surface area contributed by atoms with E-state index in [9.17, 15) is 126 Å². The van der Waals surface area contributed by atoms with Crippen LogP contribution in [0.5, 0.6) is 0 Å². The van der Waals surface area contributed by atoms with E-state index in [1.807, 2.05) is 6.92 Å². The lowest BCUT2D eigenvalue weighted by Gasteiger charge is -2.46. The highest BCUT2D eigenvalue weighted by atomic mass is 16.8. The molecule has 25 N–H and O–H groups in total. The Morgan fingerprint density at radius 3 is 1.01 bits per heavy atom. The fourth-order valence-electron chi connectivity index (χ4n) is 13.3. The molecule has 0 unspecified atom stereocenters. The zero-order valence-electron chi connectivity index (χ0n) is 63.7. The first-order chi connectivity index (χ1) is 53.5. The van der Waals surface area contributed by atoms with Gasteiger partial charge in [-0.3, -0.25) is 29.4 Å². The van der Waals surface area contributed by atoms with E-state index in [1.165, 1.54) is 6.92 Å². The molecule has 6 aliphatic rings. The quantitative estimate of drug-likeness (QED) is 0.0199. The van der Waals surface area contributed by atoms with E-state index in [0.29, 0.717) is 58.0 Å². The van der Waals surface area contributed by atoms with Crippen molar-refractivity contribution in [2.45, 2.75) is 352 Å². The maximum absolute atomic E-state index is 12.6. The maximum Gasteiger partial charge on any atom is 0.234 e. The molecule has 112 heavy (non-hydrogen) atoms. The van der Waals surface area contributed by atoms with Crippen LogP contribution in [-0.4, -0.2) is 388 Å². The Balaban J connectivity index is 0.000000405. The third-order valence-corrected chi connectivity index (χ3v) is 20.3. The summed E-state index contributed by atoms with van der Waals surface area (Å²) in [6.07, 6.45) is -34.6. The molecule has 0 spiro atoms. The predicted molar refractivity (Wildman–Crippen MR) is 380 cm³/mol. The minimum absolute atomic E-state index is 0.00942. The van der Waals surface area contributed by atoms with Crippen LogP contribution in [-0.2, 0) is 80.8 Å². The predicted octanol–water partition coefficient (Wildman–Crippen LogP) is -8.31. The van der Waals surface area contributed by atoms with E-state index in [1.54, 1.807) is 0 Å². The zero-order chi connectivity index (χ0) is 82.7. The molecular formula is C71H128N4O37. The van der Waals surface area contributed by atoms with Crippen molar-refractivity contribution in [1.29, 1.82) is 0 Å². The van der Waals surface area contributed by atoms with Crippen molar-refractivity contribution in [1.82, 2.24) is 16.2 Å². The standard InChI is InChI=1S/C38H69N3O19.C33H59NO18/c1-20(44)22(13-8-9-15-39)40-41-26(46)14-7-5-3-2-4-6-11-21(45)12-10-16-55-37-34(54)35(60-38-33(53)31(51)28(48)24(18-43)58-38)29(49)25(59-37)19-56-36-32(52)30(50)27(47)23(17-42)57-36;1-2-34-21(38)12-8-6-4-3-5-7-10-17(37)11-9-13-47-32-29(46)30(52-33-28(45)26(43)23(40)19(15-36)50-33)24(41)20(51-32)16-48-31-27(44)25(42)22(39)18(14-35)49-31/h22-25,27-38,40,42-43,47-54H,2-19,39H2,1H3,(H,41,46);18-20,22-33,35-36,39-46H,2-16H2,1H3,(H,34,38)/t22-,23+,24+,25+,27+,28+,29+,30-,31-,32-,33-,34-,35-,36-,37+,38+;18-,19-,20-,22-,23-,24-,25+,26+,27+,28+,29+,30+,31+,32-,33-/m01/s1. The van der Waals surface area contributed by atoms with Crippen LogP contribution in [0.4, 0.5) is 0 Å². The molecule has 6 heterocycles. The first-order valence-corrected chi connectivity index (χ1v) is 39.1. The van der Waals surface area contributed by atoms with Gasteiger partial charge in [-0.1, -0.05) is 57.8 Å². The van der Waals surface area contributed by atoms with Crippen LogP contribution in [0.1, 0.15) is 162 Å². The van der Waals surface area contributed by atoms with Crippen molar-refractivity contribution in [2.75, 3.05) is 65.9 Å². The molecule has 31 atom stereocenters. The molecule has 6 aliphatic heterocycles. The molecule has 6 fully saturated rings. The fourth-order valence-corrected chi connectivity index (χ4v) is 13.3. The number of carbonyl (C=O) groups is 5. The van der Waals surface area contributed by atoms with Crippen molar-refractivity contribution in [3.05, 3.63) is 0 Å². The van der Waals surface area contributed by atoms with E-state index >= 15 is 0 Å². The summed E-state index contributed by atoms with van der Waals surface area (Å²) in [7, 11) is 0. The summed E-state index contributed by atoms with van der Waals surface area (Å²) >= 11 is 0. The number of nitrogens with one attached hydrogen (secondary N) is 3. The molecule has 654 valence electrons. The van der Waals surface area contributed by atoms with Gasteiger partial charge in [0, 0.05) is 45.1 Å². The molecular weight excluding hydrogens is 1500 g/mol. The number of ketones is 3. The van der Waals surface area contributed by atoms with Gasteiger partial charge in [0.2, 0.25) is 11.8 Å². The molecule has 0 bridgehead atoms. The number of nitrogens with two attached hydrogens (primary N) is 1. The van der Waals surface area contributed by atoms with Gasteiger partial charge in [-0.2, -0.15) is 0 Å². The molecule has 6 saturated heterocycles. The first kappa shape index (κ1) is 99.2. The van der Waals surface area contributed by atoms with Gasteiger partial charge in [0.25, 0.3) is 0 Å². The lowest BCUT2D eigenvalue weighted by atomic mass is 9.96. The number of rotatable bonds is 50. The van der Waals surface area contributed by atoms with E-state index in [4.69, 9.17) is 62.6 Å². The van der Waals surface area contributed by atoms with Gasteiger partial charge in [0.15, 0.2) is 37.7 Å². The minimum atomic E-state index is -1.88. The summed E-state index contributed by atoms with van der Waals surface area (Å²) in [6.45, 7) is 0.205. The number of carbonyl (C=O) groups excluding carboxylic acids is 5. The largest absolute Gasteiger partial charge is 0.394 e. The summed E-state index contributed by atoms with van der Waals surface area (Å²) < 4.78 is 66.9. The highest BCUT2D eigenvalue weighted by Crippen LogP contribution is 2.34. The molecule has 0 radical (unpaired) electrons. The van der Waals surface area contributed by atoms with Gasteiger partial charge >= 0.3 is 0 Å². The summed E-state index contributed by atoms with van der Waals surface area (Å²) in [5.74, 6) is -0.162. The van der Waals surface area contributed by atoms with Crippen LogP contribution in [0.3, 0.4) is 0 Å². The smallest absolute Gasteiger partial charge is 0.234 e. The Kier molecular flexibility index (Phi) is 46.5. The van der Waals surface area contributed by atoms with Gasteiger partial charge in [-0.25, -0.2) is 5.43 Å². The number of hydrogen-bond acceptors (Lipinski definition) is 39. The van der Waals surface area contributed by atoms with Gasteiger partial charge in [-0.05, 0) is 71.8 Å². The summed E-state index contributed by atoms with van der Waals surface area (Å²) in [5, 5.41) is 208. The normalized spacial score (nSPS) is 36.6. The van der Waals surface area contributed by atoms with Crippen LogP contribution in [0, 0.1) is 0 Å². The average Bonchev–Trinajstić information content (AvgIpc) is 0.795. The molecule has 0 aromatic heterocycles. The summed E-state index contributed by atoms with van der Waals surface area (Å²) in [5.41, 5.74) is 10.9. The highest BCUT2D eigenvalue weighted by Gasteiger charge is 2.55. The molecule has 2 amide bonds. The Hall–Kier alpha value is -3.41. The van der Waals surface area contributed by atoms with Gasteiger partial charge in [0.1, 0.15) is 164 Å². The molecule has 0 aliphatic carbocycles. The number of hydrogen-bond donors (Lipinski definition) is 24. The van der Waals surface area contributed by atoms with Crippen LogP contribution in [0.2, 0.25) is 0 Å². The molecule has 0 aromatic carbocycles. The zero-order valence-corrected chi connectivity index (χ0v) is 63.7. The fraction of sp³-hybridized carbons (Fsp3) is 0.930. The highest BCUT2D eigenvalue weighted by molar-refractivity contribution is 5.82. The third-order valence-electron chi connectivity index (χ3n) is 20.3. The second kappa shape index (κ2) is 52.5. The Morgan fingerprint density at radius 1 is 0.348 bits per heavy atom. The van der Waals surface area contributed by atoms with E-state index in [0.717, 1.165) is 77.0 Å². The van der Waals surface area contributed by atoms with E-state index in [-0.39, 0.29) is 68.1 Å². The van der Waals surface area contributed by atoms with Gasteiger partial charge in [-0.15, -0.1) is 0 Å². The summed E-state index contributed by atoms with van der Waals surface area (Å²) in [6, 6.07) is -0.440. The molecule has 6 rings (SSSR count). The minimum Gasteiger partial charge on any atom is -0.394 e. The molecule has 41 heteroatoms. The van der Waals surface area contributed by atoms with Crippen molar-refractivity contribution < 1.29 is 183 Å². The number of hydrazine groups is 1. The van der Waals surface area contributed by atoms with Gasteiger partial charge in [0.05, 0.1) is 58.9 Å². The van der Waals surface area contributed by atoms with Crippen molar-refractivity contribution in [2.24, 2.45) is 5.73 Å². The van der Waals surface area contributed by atoms with Gasteiger partial charge < -0.3 is 170 Å². The monoisotopic (exact) mass is 1630 g/mol. The summed E-state index contributed by atoms with van der Waals surface area (Å²) in [4.78, 5) is 60.5. The topological polar surface area (TPSA) is 663 Å². The van der Waals surface area contributed by atoms with Crippen LogP contribution in [0.25, 0.3) is 0 Å². The number of amides is 2. The second-order valence-electron chi connectivity index (χ2n) is 29.1. The maximum atomic E-state index is 12.6. The number of ether oxygens (including phenoxy) is 12. The number of aliphatic hydroxyl groups is 20. The Morgan fingerprint density at radius 2 is 0.661 bits per heavy atom. The first-order valence-electron chi connectivity index (χ1n) is 39.1. The number of unbranched alkanes of at least 4 members (excludes halogenated alkanes) is 11. The van der Waals surface area contributed by atoms with E-state index in [2.05, 4.69) is 16.2 Å². The lowest BCUT2D eigenvalue weighted by Crippen LogP contribution is -2.65. The number of Topliss-reactive ketones (excluding diaryl/α,β-unsaturated/α-hetero) is 3. The van der Waals surface area contributed by atoms with Crippen molar-refractivity contribution in [3.63, 3.8) is 0 Å². The lowest BCUT2D eigenvalue weighted by molar-refractivity contribution is -0.366. The molecule has 0 saturated carbocycles. The molecule has 41 nitrogen and oxygen atoms in total. The number of aliphatic hydroxyl groups excluding tert-OH is 20.